The highest BCUT2D eigenvalue weighted by Crippen LogP contribution is 2.40. The molecule has 0 aromatic heterocycles. The molecule has 178 valence electrons. The van der Waals surface area contributed by atoms with Gasteiger partial charge in [-0.2, -0.15) is 0 Å². The summed E-state index contributed by atoms with van der Waals surface area (Å²) in [4.78, 5) is 11.8. The summed E-state index contributed by atoms with van der Waals surface area (Å²) in [5.74, 6) is -0.477. The molecule has 0 amide bonds. The van der Waals surface area contributed by atoms with Crippen LogP contribution in [0.15, 0.2) is 84.9 Å². The molecule has 0 aliphatic carbocycles. The minimum Gasteiger partial charge on any atom is -0.489 e. The van der Waals surface area contributed by atoms with Gasteiger partial charge in [0.1, 0.15) is 17.7 Å². The predicted octanol–water partition coefficient (Wildman–Crippen LogP) is 6.40. The summed E-state index contributed by atoms with van der Waals surface area (Å²) in [6.45, 7) is 2.81. The van der Waals surface area contributed by atoms with Crippen LogP contribution in [0.2, 0.25) is 0 Å². The Labute approximate surface area is 204 Å². The van der Waals surface area contributed by atoms with Crippen molar-refractivity contribution in [2.45, 2.75) is 31.4 Å². The van der Waals surface area contributed by atoms with Crippen molar-refractivity contribution in [3.05, 3.63) is 113 Å². The van der Waals surface area contributed by atoms with Crippen molar-refractivity contribution in [2.75, 3.05) is 13.7 Å². The molecule has 4 aromatic carbocycles. The Bertz CT molecular complexity index is 1360. The topological polar surface area (TPSA) is 47.6 Å². The van der Waals surface area contributed by atoms with Crippen molar-refractivity contribution in [2.24, 2.45) is 0 Å². The van der Waals surface area contributed by atoms with Gasteiger partial charge in [-0.05, 0) is 53.4 Å². The highest BCUT2D eigenvalue weighted by atomic mass is 19.1. The summed E-state index contributed by atoms with van der Waals surface area (Å²) < 4.78 is 25.8. The molecule has 1 heterocycles. The van der Waals surface area contributed by atoms with Crippen LogP contribution in [0.25, 0.3) is 10.8 Å². The summed E-state index contributed by atoms with van der Waals surface area (Å²) >= 11 is 0. The molecule has 0 fully saturated rings. The molecular weight excluding hydrogens is 441 g/mol. The van der Waals surface area contributed by atoms with Gasteiger partial charge in [0.2, 0.25) is 0 Å². The molecule has 5 rings (SSSR count). The quantitative estimate of drug-likeness (QED) is 0.332. The fourth-order valence-electron chi connectivity index (χ4n) is 5.00. The number of hydrogen-bond donors (Lipinski definition) is 1. The third kappa shape index (κ3) is 4.64. The maximum Gasteiger partial charge on any atom is 0.340 e. The van der Waals surface area contributed by atoms with Crippen molar-refractivity contribution in [3.63, 3.8) is 0 Å². The van der Waals surface area contributed by atoms with Crippen molar-refractivity contribution in [1.29, 1.82) is 0 Å². The number of hydrogen-bond acceptors (Lipinski definition) is 4. The second kappa shape index (κ2) is 9.88. The number of para-hydroxylation sites is 1. The van der Waals surface area contributed by atoms with E-state index in [1.165, 1.54) is 35.6 Å². The van der Waals surface area contributed by atoms with E-state index < -0.39 is 11.8 Å². The normalized spacial score (nSPS) is 17.9. The highest BCUT2D eigenvalue weighted by molar-refractivity contribution is 5.89. The zero-order valence-corrected chi connectivity index (χ0v) is 19.8. The van der Waals surface area contributed by atoms with Gasteiger partial charge in [-0.3, -0.25) is 0 Å². The van der Waals surface area contributed by atoms with Gasteiger partial charge in [-0.25, -0.2) is 9.18 Å². The van der Waals surface area contributed by atoms with Crippen molar-refractivity contribution >= 4 is 16.7 Å². The molecule has 0 radical (unpaired) electrons. The van der Waals surface area contributed by atoms with Crippen LogP contribution in [0, 0.1) is 5.82 Å². The Balaban J connectivity index is 1.37. The van der Waals surface area contributed by atoms with E-state index in [9.17, 15) is 9.18 Å². The first-order chi connectivity index (χ1) is 17.0. The monoisotopic (exact) mass is 469 g/mol. The zero-order valence-electron chi connectivity index (χ0n) is 19.8. The molecule has 4 nitrogen and oxygen atoms in total. The lowest BCUT2D eigenvalue weighted by atomic mass is 9.83. The van der Waals surface area contributed by atoms with Gasteiger partial charge in [0.15, 0.2) is 0 Å². The minimum absolute atomic E-state index is 0.0409. The van der Waals surface area contributed by atoms with E-state index in [4.69, 9.17) is 4.74 Å². The number of ether oxygens (including phenoxy) is 2. The fourth-order valence-corrected chi connectivity index (χ4v) is 5.00. The van der Waals surface area contributed by atoms with Crippen LogP contribution in [0.4, 0.5) is 4.39 Å². The first kappa shape index (κ1) is 23.1. The molecule has 0 unspecified atom stereocenters. The second-order valence-electron chi connectivity index (χ2n) is 9.00. The number of esters is 1. The van der Waals surface area contributed by atoms with Gasteiger partial charge in [0, 0.05) is 24.1 Å². The van der Waals surface area contributed by atoms with Crippen molar-refractivity contribution in [1.82, 2.24) is 5.32 Å². The zero-order chi connectivity index (χ0) is 24.4. The first-order valence-electron chi connectivity index (χ1n) is 11.9. The summed E-state index contributed by atoms with van der Waals surface area (Å²) in [5.41, 5.74) is 3.03. The molecule has 3 atom stereocenters. The van der Waals surface area contributed by atoms with Gasteiger partial charge in [-0.1, -0.05) is 66.7 Å². The van der Waals surface area contributed by atoms with E-state index in [1.807, 2.05) is 30.3 Å². The van der Waals surface area contributed by atoms with Crippen LogP contribution in [0.1, 0.15) is 52.4 Å². The molecule has 1 N–H and O–H groups in total. The molecule has 35 heavy (non-hydrogen) atoms. The van der Waals surface area contributed by atoms with E-state index in [2.05, 4.69) is 59.4 Å². The maximum absolute atomic E-state index is 14.7. The van der Waals surface area contributed by atoms with Crippen LogP contribution >= 0.6 is 0 Å². The lowest BCUT2D eigenvalue weighted by Gasteiger charge is -2.33. The molecule has 0 spiro atoms. The lowest BCUT2D eigenvalue weighted by Crippen LogP contribution is -2.37. The third-order valence-electron chi connectivity index (χ3n) is 6.83. The molecule has 0 saturated carbocycles. The Kier molecular flexibility index (Phi) is 6.51. The average molecular weight is 470 g/mol. The maximum atomic E-state index is 14.7. The average Bonchev–Trinajstić information content (AvgIpc) is 2.90. The largest absolute Gasteiger partial charge is 0.489 e. The molecule has 0 saturated heterocycles. The summed E-state index contributed by atoms with van der Waals surface area (Å²) in [6.07, 6.45) is 0.610. The van der Waals surface area contributed by atoms with Gasteiger partial charge in [0.05, 0.1) is 12.7 Å². The summed E-state index contributed by atoms with van der Waals surface area (Å²) in [7, 11) is 1.25. The fraction of sp³-hybridized carbons (Fsp3) is 0.233. The van der Waals surface area contributed by atoms with E-state index in [1.54, 1.807) is 0 Å². The van der Waals surface area contributed by atoms with E-state index >= 15 is 0 Å². The number of rotatable bonds is 6. The van der Waals surface area contributed by atoms with E-state index in [0.717, 1.165) is 16.9 Å². The van der Waals surface area contributed by atoms with Crippen molar-refractivity contribution < 1.29 is 18.7 Å². The number of carbonyl (C=O) groups is 1. The van der Waals surface area contributed by atoms with E-state index in [-0.39, 0.29) is 23.6 Å². The Morgan fingerprint density at radius 1 is 1.06 bits per heavy atom. The number of halogens is 1. The second-order valence-corrected chi connectivity index (χ2v) is 9.00. The lowest BCUT2D eigenvalue weighted by molar-refractivity contribution is 0.0595. The highest BCUT2D eigenvalue weighted by Gasteiger charge is 2.30. The van der Waals surface area contributed by atoms with Crippen LogP contribution in [0.3, 0.4) is 0 Å². The third-order valence-corrected chi connectivity index (χ3v) is 6.83. The molecule has 5 heteroatoms. The molecule has 0 bridgehead atoms. The standard InChI is InChI=1S/C30H28FNO3/c1-19(23-12-7-9-20-8-3-4-10-24(20)23)32-18-22-17-27(25-11-5-6-13-29(25)35-22)21-14-15-26(28(31)16-21)30(33)34-2/h3-16,19,22,27,32H,17-18H2,1-2H3/t19-,22-,27+/m1/s1. The van der Waals surface area contributed by atoms with Gasteiger partial charge in [0.25, 0.3) is 0 Å². The molecule has 1 aliphatic heterocycles. The van der Waals surface area contributed by atoms with Crippen molar-refractivity contribution in [3.8, 4) is 5.75 Å². The minimum atomic E-state index is -0.675. The summed E-state index contributed by atoms with van der Waals surface area (Å²) in [5, 5.41) is 6.11. The van der Waals surface area contributed by atoms with Crippen LogP contribution < -0.4 is 10.1 Å². The molecular formula is C30H28FNO3. The van der Waals surface area contributed by atoms with Gasteiger partial charge < -0.3 is 14.8 Å². The SMILES string of the molecule is COC(=O)c1ccc([C@@H]2C[C@H](CN[C@H](C)c3cccc4ccccc34)Oc3ccccc32)cc1F. The summed E-state index contributed by atoms with van der Waals surface area (Å²) in [6, 6.07) is 27.6. The van der Waals surface area contributed by atoms with Crippen LogP contribution in [-0.2, 0) is 4.74 Å². The number of benzene rings is 4. The number of nitrogens with one attached hydrogen (secondary N) is 1. The molecule has 1 aliphatic rings. The van der Waals surface area contributed by atoms with Crippen LogP contribution in [-0.4, -0.2) is 25.7 Å². The number of methoxy groups -OCH3 is 1. The number of fused-ring (bicyclic) bond motifs is 2. The Morgan fingerprint density at radius 2 is 1.83 bits per heavy atom. The number of carbonyl (C=O) groups excluding carboxylic acids is 1. The smallest absolute Gasteiger partial charge is 0.340 e. The van der Waals surface area contributed by atoms with Gasteiger partial charge in [-0.15, -0.1) is 0 Å². The van der Waals surface area contributed by atoms with E-state index in [0.29, 0.717) is 13.0 Å². The predicted molar refractivity (Wildman–Crippen MR) is 135 cm³/mol. The molecule has 4 aromatic rings. The Morgan fingerprint density at radius 3 is 2.66 bits per heavy atom. The first-order valence-corrected chi connectivity index (χ1v) is 11.9. The van der Waals surface area contributed by atoms with Gasteiger partial charge >= 0.3 is 5.97 Å². The van der Waals surface area contributed by atoms with Crippen LogP contribution in [0.5, 0.6) is 5.75 Å². The Hall–Kier alpha value is -3.70.